The highest BCUT2D eigenvalue weighted by molar-refractivity contribution is 6.02. The number of hydrogen-bond acceptors (Lipinski definition) is 2. The first-order chi connectivity index (χ1) is 9.66. The van der Waals surface area contributed by atoms with Gasteiger partial charge in [-0.1, -0.05) is 26.8 Å². The fourth-order valence-corrected chi connectivity index (χ4v) is 2.48. The molecule has 3 nitrogen and oxygen atoms in total. The average Bonchev–Trinajstić information content (AvgIpc) is 2.37. The van der Waals surface area contributed by atoms with Gasteiger partial charge in [0.1, 0.15) is 5.75 Å². The molecule has 0 spiro atoms. The van der Waals surface area contributed by atoms with Crippen LogP contribution in [0.4, 0.5) is 10.1 Å². The van der Waals surface area contributed by atoms with E-state index in [1.807, 2.05) is 18.2 Å². The number of carbonyl (C=O) groups is 1. The Labute approximate surface area is 126 Å². The zero-order valence-corrected chi connectivity index (χ0v) is 13.5. The van der Waals surface area contributed by atoms with E-state index in [-0.39, 0.29) is 11.3 Å². The van der Waals surface area contributed by atoms with Crippen LogP contribution in [-0.2, 0) is 10.2 Å². The number of halogens is 1. The van der Waals surface area contributed by atoms with Gasteiger partial charge in [0.05, 0.1) is 12.4 Å². The van der Waals surface area contributed by atoms with Crippen molar-refractivity contribution in [2.45, 2.75) is 52.1 Å². The van der Waals surface area contributed by atoms with E-state index < -0.39 is 12.3 Å². The molecule has 0 N–H and O–H groups in total. The van der Waals surface area contributed by atoms with Gasteiger partial charge in [-0.25, -0.2) is 0 Å². The van der Waals surface area contributed by atoms with Gasteiger partial charge in [-0.2, -0.15) is 0 Å². The number of benzene rings is 1. The summed E-state index contributed by atoms with van der Waals surface area (Å²) in [5, 5.41) is 0. The molecule has 21 heavy (non-hydrogen) atoms. The molecule has 1 aromatic carbocycles. The molecule has 1 aliphatic heterocycles. The molecule has 0 saturated heterocycles. The number of nitrogens with zero attached hydrogens (tertiary/aromatic N) is 1. The highest BCUT2D eigenvalue weighted by atomic mass is 19.1. The Bertz CT molecular complexity index is 546. The van der Waals surface area contributed by atoms with Gasteiger partial charge in [0, 0.05) is 6.54 Å². The van der Waals surface area contributed by atoms with Crippen LogP contribution in [0.1, 0.15) is 46.6 Å². The summed E-state index contributed by atoms with van der Waals surface area (Å²) >= 11 is 0. The summed E-state index contributed by atoms with van der Waals surface area (Å²) in [5.74, 6) is 0.581. The third-order valence-electron chi connectivity index (χ3n) is 3.76. The number of anilines is 1. The van der Waals surface area contributed by atoms with Crippen LogP contribution in [0.25, 0.3) is 0 Å². The van der Waals surface area contributed by atoms with E-state index in [4.69, 9.17) is 4.74 Å². The summed E-state index contributed by atoms with van der Waals surface area (Å²) in [6.07, 6.45) is 0.336. The van der Waals surface area contributed by atoms with E-state index >= 15 is 0 Å². The summed E-state index contributed by atoms with van der Waals surface area (Å²) in [6, 6.07) is 5.91. The summed E-state index contributed by atoms with van der Waals surface area (Å²) in [5.41, 5.74) is 0.978. The smallest absolute Gasteiger partial charge is 0.270 e. The van der Waals surface area contributed by atoms with Crippen molar-refractivity contribution in [1.82, 2.24) is 0 Å². The number of fused-ring (bicyclic) bond motifs is 1. The second kappa shape index (κ2) is 5.32. The van der Waals surface area contributed by atoms with E-state index in [1.54, 1.807) is 18.7 Å². The molecule has 1 heterocycles. The molecule has 0 aliphatic carbocycles. The van der Waals surface area contributed by atoms with Crippen LogP contribution >= 0.6 is 0 Å². The second-order valence-electron chi connectivity index (χ2n) is 7.04. The van der Waals surface area contributed by atoms with E-state index in [1.165, 1.54) is 0 Å². The molecule has 116 valence electrons. The van der Waals surface area contributed by atoms with Crippen molar-refractivity contribution in [1.29, 1.82) is 0 Å². The topological polar surface area (TPSA) is 29.5 Å². The molecule has 4 heteroatoms. The van der Waals surface area contributed by atoms with Crippen LogP contribution in [0.2, 0.25) is 0 Å². The minimum atomic E-state index is -0.917. The molecule has 2 rings (SSSR count). The number of alkyl halides is 1. The fraction of sp³-hybridized carbons (Fsp3) is 0.588. The molecule has 1 aliphatic rings. The highest BCUT2D eigenvalue weighted by Crippen LogP contribution is 2.40. The van der Waals surface area contributed by atoms with Gasteiger partial charge in [-0.15, -0.1) is 0 Å². The van der Waals surface area contributed by atoms with Gasteiger partial charge < -0.3 is 9.64 Å². The van der Waals surface area contributed by atoms with Crippen LogP contribution in [0, 0.1) is 0 Å². The summed E-state index contributed by atoms with van der Waals surface area (Å²) < 4.78 is 18.4. The molecular formula is C17H24FNO2. The lowest BCUT2D eigenvalue weighted by Crippen LogP contribution is -2.52. The number of amides is 1. The normalized spacial score (nSPS) is 17.4. The molecule has 1 amide bonds. The number of rotatable bonds is 3. The SMILES string of the molecule is CC1(C)Oc2cc(C(C)(C)C)ccc2N(CCCF)C1=O. The Morgan fingerprint density at radius 1 is 1.29 bits per heavy atom. The molecule has 0 radical (unpaired) electrons. The maximum atomic E-state index is 12.5. The van der Waals surface area contributed by atoms with Crippen molar-refractivity contribution in [2.75, 3.05) is 18.1 Å². The first kappa shape index (κ1) is 15.8. The van der Waals surface area contributed by atoms with Crippen molar-refractivity contribution >= 4 is 11.6 Å². The monoisotopic (exact) mass is 293 g/mol. The molecule has 1 aromatic rings. The molecule has 0 unspecified atom stereocenters. The minimum absolute atomic E-state index is 0.00770. The Kier molecular flexibility index (Phi) is 4.00. The lowest BCUT2D eigenvalue weighted by Gasteiger charge is -2.39. The van der Waals surface area contributed by atoms with Gasteiger partial charge in [0.15, 0.2) is 5.60 Å². The van der Waals surface area contributed by atoms with Gasteiger partial charge >= 0.3 is 0 Å². The lowest BCUT2D eigenvalue weighted by atomic mass is 9.86. The lowest BCUT2D eigenvalue weighted by molar-refractivity contribution is -0.132. The van der Waals surface area contributed by atoms with Crippen LogP contribution in [0.5, 0.6) is 5.75 Å². The molecule has 0 aromatic heterocycles. The third-order valence-corrected chi connectivity index (χ3v) is 3.76. The Hall–Kier alpha value is -1.58. The van der Waals surface area contributed by atoms with E-state index in [9.17, 15) is 9.18 Å². The van der Waals surface area contributed by atoms with Gasteiger partial charge in [-0.3, -0.25) is 9.18 Å². The molecule has 0 atom stereocenters. The van der Waals surface area contributed by atoms with Crippen molar-refractivity contribution in [2.24, 2.45) is 0 Å². The van der Waals surface area contributed by atoms with Crippen LogP contribution in [0.3, 0.4) is 0 Å². The first-order valence-electron chi connectivity index (χ1n) is 7.38. The molecular weight excluding hydrogens is 269 g/mol. The fourth-order valence-electron chi connectivity index (χ4n) is 2.48. The van der Waals surface area contributed by atoms with Gasteiger partial charge in [0.2, 0.25) is 0 Å². The van der Waals surface area contributed by atoms with Crippen molar-refractivity contribution in [3.63, 3.8) is 0 Å². The summed E-state index contributed by atoms with van der Waals surface area (Å²) in [4.78, 5) is 14.1. The number of carbonyl (C=O) groups excluding carboxylic acids is 1. The zero-order chi connectivity index (χ0) is 15.8. The Morgan fingerprint density at radius 3 is 2.52 bits per heavy atom. The summed E-state index contributed by atoms with van der Waals surface area (Å²) in [6.45, 7) is 9.86. The van der Waals surface area contributed by atoms with Crippen LogP contribution < -0.4 is 9.64 Å². The van der Waals surface area contributed by atoms with Crippen LogP contribution in [0.15, 0.2) is 18.2 Å². The van der Waals surface area contributed by atoms with Crippen LogP contribution in [-0.4, -0.2) is 24.7 Å². The standard InChI is InChI=1S/C17H24FNO2/c1-16(2,3)12-7-8-13-14(11-12)21-17(4,5)15(20)19(13)10-6-9-18/h7-8,11H,6,9-10H2,1-5H3. The quantitative estimate of drug-likeness (QED) is 0.847. The van der Waals surface area contributed by atoms with Crippen molar-refractivity contribution in [3.05, 3.63) is 23.8 Å². The number of ether oxygens (including phenoxy) is 1. The average molecular weight is 293 g/mol. The predicted octanol–water partition coefficient (Wildman–Crippen LogP) is 3.85. The van der Waals surface area contributed by atoms with Crippen molar-refractivity contribution in [3.8, 4) is 5.75 Å². The summed E-state index contributed by atoms with van der Waals surface area (Å²) in [7, 11) is 0. The zero-order valence-electron chi connectivity index (χ0n) is 13.5. The predicted molar refractivity (Wildman–Crippen MR) is 82.8 cm³/mol. The number of hydrogen-bond donors (Lipinski definition) is 0. The largest absolute Gasteiger partial charge is 0.476 e. The highest BCUT2D eigenvalue weighted by Gasteiger charge is 2.40. The maximum absolute atomic E-state index is 12.5. The Balaban J connectivity index is 2.46. The van der Waals surface area contributed by atoms with E-state index in [0.717, 1.165) is 11.3 Å². The third kappa shape index (κ3) is 3.04. The Morgan fingerprint density at radius 2 is 1.95 bits per heavy atom. The molecule has 0 saturated carbocycles. The minimum Gasteiger partial charge on any atom is -0.476 e. The maximum Gasteiger partial charge on any atom is 0.270 e. The van der Waals surface area contributed by atoms with Gasteiger partial charge in [0.25, 0.3) is 5.91 Å². The van der Waals surface area contributed by atoms with Crippen molar-refractivity contribution < 1.29 is 13.9 Å². The van der Waals surface area contributed by atoms with E-state index in [0.29, 0.717) is 18.7 Å². The van der Waals surface area contributed by atoms with E-state index in [2.05, 4.69) is 20.8 Å². The first-order valence-corrected chi connectivity index (χ1v) is 7.38. The van der Waals surface area contributed by atoms with Gasteiger partial charge in [-0.05, 0) is 43.4 Å². The second-order valence-corrected chi connectivity index (χ2v) is 7.04. The molecule has 0 bridgehead atoms. The molecule has 0 fully saturated rings.